The molecule has 0 amide bonds. The lowest BCUT2D eigenvalue weighted by molar-refractivity contribution is 0.199. The van der Waals surface area contributed by atoms with Crippen LogP contribution in [-0.4, -0.2) is 39.9 Å². The van der Waals surface area contributed by atoms with Crippen LogP contribution in [-0.2, 0) is 17.6 Å². The Labute approximate surface area is 116 Å². The lowest BCUT2D eigenvalue weighted by Crippen LogP contribution is -2.33. The molecule has 1 aromatic rings. The molecule has 1 unspecified atom stereocenters. The predicted molar refractivity (Wildman–Crippen MR) is 79.6 cm³/mol. The molecule has 0 bridgehead atoms. The van der Waals surface area contributed by atoms with Crippen LogP contribution < -0.4 is 10.6 Å². The van der Waals surface area contributed by atoms with Crippen LogP contribution in [0.3, 0.4) is 0 Å². The first-order chi connectivity index (χ1) is 9.40. The van der Waals surface area contributed by atoms with E-state index >= 15 is 0 Å². The van der Waals surface area contributed by atoms with Crippen molar-refractivity contribution in [3.63, 3.8) is 0 Å². The van der Waals surface area contributed by atoms with Gasteiger partial charge in [-0.05, 0) is 42.9 Å². The van der Waals surface area contributed by atoms with E-state index in [-0.39, 0.29) is 0 Å². The van der Waals surface area contributed by atoms with Gasteiger partial charge in [0.05, 0.1) is 6.61 Å². The maximum absolute atomic E-state index is 4.99. The summed E-state index contributed by atoms with van der Waals surface area (Å²) in [5, 5.41) is 6.91. The van der Waals surface area contributed by atoms with Gasteiger partial charge >= 0.3 is 0 Å². The third-order valence-corrected chi connectivity index (χ3v) is 3.84. The first kappa shape index (κ1) is 14.5. The molecule has 0 spiro atoms. The standard InChI is InChI=1S/C16H26N2O/c1-19-11-10-17-8-9-18-13-14-6-7-15-4-2-3-5-16(15)12-14/h2-5,14,17-18H,6-13H2,1H3. The third-order valence-electron chi connectivity index (χ3n) is 3.84. The van der Waals surface area contributed by atoms with Crippen molar-refractivity contribution in [2.45, 2.75) is 19.3 Å². The minimum atomic E-state index is 0.791. The Hall–Kier alpha value is -0.900. The van der Waals surface area contributed by atoms with Crippen LogP contribution in [0.2, 0.25) is 0 Å². The Morgan fingerprint density at radius 2 is 1.89 bits per heavy atom. The molecule has 3 nitrogen and oxygen atoms in total. The van der Waals surface area contributed by atoms with Gasteiger partial charge in [0.1, 0.15) is 0 Å². The Balaban J connectivity index is 1.58. The van der Waals surface area contributed by atoms with Gasteiger partial charge in [0.15, 0.2) is 0 Å². The van der Waals surface area contributed by atoms with Gasteiger partial charge in [0, 0.05) is 26.7 Å². The quantitative estimate of drug-likeness (QED) is 0.699. The number of ether oxygens (including phenoxy) is 1. The van der Waals surface area contributed by atoms with E-state index in [0.717, 1.165) is 38.7 Å². The van der Waals surface area contributed by atoms with Crippen molar-refractivity contribution in [3.8, 4) is 0 Å². The minimum absolute atomic E-state index is 0.791. The highest BCUT2D eigenvalue weighted by molar-refractivity contribution is 5.29. The van der Waals surface area contributed by atoms with E-state index < -0.39 is 0 Å². The zero-order valence-corrected chi connectivity index (χ0v) is 12.0. The van der Waals surface area contributed by atoms with Crippen LogP contribution >= 0.6 is 0 Å². The second-order valence-corrected chi connectivity index (χ2v) is 5.32. The number of hydrogen-bond donors (Lipinski definition) is 2. The van der Waals surface area contributed by atoms with Crippen molar-refractivity contribution in [3.05, 3.63) is 35.4 Å². The van der Waals surface area contributed by atoms with E-state index in [1.165, 1.54) is 19.3 Å². The average Bonchev–Trinajstić information content (AvgIpc) is 2.46. The van der Waals surface area contributed by atoms with E-state index in [9.17, 15) is 0 Å². The SMILES string of the molecule is COCCNCCNCC1CCc2ccccc2C1. The summed E-state index contributed by atoms with van der Waals surface area (Å²) in [5.74, 6) is 0.800. The molecule has 0 saturated heterocycles. The van der Waals surface area contributed by atoms with Crippen molar-refractivity contribution in [2.75, 3.05) is 39.9 Å². The van der Waals surface area contributed by atoms with Gasteiger partial charge in [-0.15, -0.1) is 0 Å². The molecule has 19 heavy (non-hydrogen) atoms. The minimum Gasteiger partial charge on any atom is -0.383 e. The van der Waals surface area contributed by atoms with Gasteiger partial charge in [-0.3, -0.25) is 0 Å². The smallest absolute Gasteiger partial charge is 0.0587 e. The molecule has 3 heteroatoms. The Morgan fingerprint density at radius 1 is 1.11 bits per heavy atom. The molecule has 106 valence electrons. The Bertz CT molecular complexity index is 368. The van der Waals surface area contributed by atoms with Crippen molar-refractivity contribution in [1.82, 2.24) is 10.6 Å². The average molecular weight is 262 g/mol. The molecular weight excluding hydrogens is 236 g/mol. The number of rotatable bonds is 8. The number of aryl methyl sites for hydroxylation is 1. The van der Waals surface area contributed by atoms with Crippen molar-refractivity contribution in [2.24, 2.45) is 5.92 Å². The highest BCUT2D eigenvalue weighted by Crippen LogP contribution is 2.24. The summed E-state index contributed by atoms with van der Waals surface area (Å²) in [6.45, 7) is 4.93. The van der Waals surface area contributed by atoms with E-state index in [4.69, 9.17) is 4.74 Å². The summed E-state index contributed by atoms with van der Waals surface area (Å²) in [6, 6.07) is 8.88. The molecule has 0 aromatic heterocycles. The van der Waals surface area contributed by atoms with Crippen LogP contribution in [0, 0.1) is 5.92 Å². The summed E-state index contributed by atoms with van der Waals surface area (Å²) in [5.41, 5.74) is 3.11. The molecular formula is C16H26N2O. The zero-order chi connectivity index (χ0) is 13.3. The van der Waals surface area contributed by atoms with Gasteiger partial charge < -0.3 is 15.4 Å². The van der Waals surface area contributed by atoms with E-state index in [2.05, 4.69) is 34.9 Å². The Morgan fingerprint density at radius 3 is 2.74 bits per heavy atom. The van der Waals surface area contributed by atoms with Crippen LogP contribution in [0.15, 0.2) is 24.3 Å². The predicted octanol–water partition coefficient (Wildman–Crippen LogP) is 1.62. The largest absolute Gasteiger partial charge is 0.383 e. The first-order valence-electron chi connectivity index (χ1n) is 7.37. The van der Waals surface area contributed by atoms with E-state index in [0.29, 0.717) is 0 Å². The number of nitrogens with one attached hydrogen (secondary N) is 2. The molecule has 0 saturated carbocycles. The number of methoxy groups -OCH3 is 1. The lowest BCUT2D eigenvalue weighted by atomic mass is 9.84. The summed E-state index contributed by atoms with van der Waals surface area (Å²) < 4.78 is 4.99. The molecule has 1 aliphatic carbocycles. The fraction of sp³-hybridized carbons (Fsp3) is 0.625. The van der Waals surface area contributed by atoms with Gasteiger partial charge in [0.25, 0.3) is 0 Å². The summed E-state index contributed by atoms with van der Waals surface area (Å²) in [6.07, 6.45) is 3.80. The maximum Gasteiger partial charge on any atom is 0.0587 e. The molecule has 0 aliphatic heterocycles. The van der Waals surface area contributed by atoms with Crippen molar-refractivity contribution in [1.29, 1.82) is 0 Å². The highest BCUT2D eigenvalue weighted by atomic mass is 16.5. The summed E-state index contributed by atoms with van der Waals surface area (Å²) >= 11 is 0. The second kappa shape index (κ2) is 8.31. The topological polar surface area (TPSA) is 33.3 Å². The number of benzene rings is 1. The van der Waals surface area contributed by atoms with Crippen molar-refractivity contribution < 1.29 is 4.74 Å². The fourth-order valence-corrected chi connectivity index (χ4v) is 2.73. The molecule has 2 N–H and O–H groups in total. The molecule has 1 aliphatic rings. The molecule has 1 atom stereocenters. The molecule has 0 radical (unpaired) electrons. The first-order valence-corrected chi connectivity index (χ1v) is 7.37. The number of fused-ring (bicyclic) bond motifs is 1. The van der Waals surface area contributed by atoms with Gasteiger partial charge in [0.2, 0.25) is 0 Å². The summed E-state index contributed by atoms with van der Waals surface area (Å²) in [4.78, 5) is 0. The lowest BCUT2D eigenvalue weighted by Gasteiger charge is -2.24. The van der Waals surface area contributed by atoms with Crippen LogP contribution in [0.5, 0.6) is 0 Å². The molecule has 2 rings (SSSR count). The van der Waals surface area contributed by atoms with Gasteiger partial charge in [-0.2, -0.15) is 0 Å². The zero-order valence-electron chi connectivity index (χ0n) is 12.0. The van der Waals surface area contributed by atoms with E-state index in [1.54, 1.807) is 18.2 Å². The van der Waals surface area contributed by atoms with Gasteiger partial charge in [-0.25, -0.2) is 0 Å². The fourth-order valence-electron chi connectivity index (χ4n) is 2.73. The molecule has 0 heterocycles. The van der Waals surface area contributed by atoms with Gasteiger partial charge in [-0.1, -0.05) is 24.3 Å². The van der Waals surface area contributed by atoms with Crippen LogP contribution in [0.1, 0.15) is 17.5 Å². The van der Waals surface area contributed by atoms with E-state index in [1.807, 2.05) is 0 Å². The highest BCUT2D eigenvalue weighted by Gasteiger charge is 2.17. The second-order valence-electron chi connectivity index (χ2n) is 5.32. The molecule has 1 aromatic carbocycles. The number of hydrogen-bond acceptors (Lipinski definition) is 3. The summed E-state index contributed by atoms with van der Waals surface area (Å²) in [7, 11) is 1.74. The third kappa shape index (κ3) is 4.94. The Kier molecular flexibility index (Phi) is 6.34. The maximum atomic E-state index is 4.99. The monoisotopic (exact) mass is 262 g/mol. The normalized spacial score (nSPS) is 18.3. The van der Waals surface area contributed by atoms with Crippen LogP contribution in [0.25, 0.3) is 0 Å². The van der Waals surface area contributed by atoms with Crippen LogP contribution in [0.4, 0.5) is 0 Å². The van der Waals surface area contributed by atoms with Crippen molar-refractivity contribution >= 4 is 0 Å². The molecule has 0 fully saturated rings.